The molecule has 0 aromatic carbocycles. The van der Waals surface area contributed by atoms with E-state index in [1.165, 1.54) is 0 Å². The molecule has 0 spiro atoms. The summed E-state index contributed by atoms with van der Waals surface area (Å²) in [6, 6.07) is 5.66. The van der Waals surface area contributed by atoms with Gasteiger partial charge in [-0.15, -0.1) is 0 Å². The van der Waals surface area contributed by atoms with Gasteiger partial charge in [-0.05, 0) is 12.1 Å². The van der Waals surface area contributed by atoms with Crippen LogP contribution >= 0.6 is 0 Å². The average Bonchev–Trinajstić information content (AvgIpc) is 2.63. The molecule has 5 nitrogen and oxygen atoms in total. The van der Waals surface area contributed by atoms with Crippen LogP contribution in [0.1, 0.15) is 0 Å². The summed E-state index contributed by atoms with van der Waals surface area (Å²) < 4.78 is 4.74. The van der Waals surface area contributed by atoms with Crippen molar-refractivity contribution in [2.45, 2.75) is 6.04 Å². The Hall–Kier alpha value is -1.78. The number of ether oxygens (including phenoxy) is 1. The van der Waals surface area contributed by atoms with Gasteiger partial charge in [0.1, 0.15) is 12.4 Å². The number of carbonyl (C=O) groups excluding carboxylic acids is 1. The van der Waals surface area contributed by atoms with Crippen LogP contribution in [-0.2, 0) is 4.74 Å². The highest BCUT2D eigenvalue weighted by Crippen LogP contribution is 2.02. The number of hydrogen-bond donors (Lipinski definition) is 2. The van der Waals surface area contributed by atoms with Crippen LogP contribution in [0.25, 0.3) is 0 Å². The van der Waals surface area contributed by atoms with Crippen molar-refractivity contribution < 1.29 is 9.53 Å². The van der Waals surface area contributed by atoms with Crippen molar-refractivity contribution >= 4 is 11.9 Å². The van der Waals surface area contributed by atoms with Crippen LogP contribution < -0.4 is 10.6 Å². The molecule has 1 aliphatic heterocycles. The summed E-state index contributed by atoms with van der Waals surface area (Å²) in [5.74, 6) is 0.800. The van der Waals surface area contributed by atoms with Crippen molar-refractivity contribution in [1.29, 1.82) is 0 Å². The second kappa shape index (κ2) is 3.95. The minimum Gasteiger partial charge on any atom is -0.447 e. The number of cyclic esters (lactones) is 1. The molecule has 14 heavy (non-hydrogen) atoms. The Morgan fingerprint density at radius 1 is 1.64 bits per heavy atom. The van der Waals surface area contributed by atoms with Gasteiger partial charge >= 0.3 is 6.09 Å². The zero-order valence-corrected chi connectivity index (χ0v) is 7.56. The fraction of sp³-hybridized carbons (Fsp3) is 0.333. The second-order valence-corrected chi connectivity index (χ2v) is 3.04. The Kier molecular flexibility index (Phi) is 2.48. The minimum absolute atomic E-state index is 0.0320. The first-order valence-corrected chi connectivity index (χ1v) is 4.43. The number of pyridine rings is 1. The lowest BCUT2D eigenvalue weighted by Gasteiger charge is -2.08. The van der Waals surface area contributed by atoms with Crippen molar-refractivity contribution in [3.05, 3.63) is 24.4 Å². The van der Waals surface area contributed by atoms with Crippen LogP contribution in [0, 0.1) is 0 Å². The number of nitrogens with one attached hydrogen (secondary N) is 2. The molecular formula is C9H11N3O2. The van der Waals surface area contributed by atoms with Gasteiger partial charge < -0.3 is 15.4 Å². The van der Waals surface area contributed by atoms with E-state index in [9.17, 15) is 4.79 Å². The van der Waals surface area contributed by atoms with Gasteiger partial charge in [-0.2, -0.15) is 0 Å². The summed E-state index contributed by atoms with van der Waals surface area (Å²) in [5, 5.41) is 5.77. The number of anilines is 1. The number of rotatable bonds is 3. The lowest BCUT2D eigenvalue weighted by atomic mass is 10.3. The molecule has 0 radical (unpaired) electrons. The number of hydrogen-bond acceptors (Lipinski definition) is 4. The number of aromatic nitrogens is 1. The summed E-state index contributed by atoms with van der Waals surface area (Å²) in [6.45, 7) is 1.04. The predicted molar refractivity (Wildman–Crippen MR) is 51.0 cm³/mol. The van der Waals surface area contributed by atoms with E-state index in [0.717, 1.165) is 5.82 Å². The first-order valence-electron chi connectivity index (χ1n) is 4.43. The van der Waals surface area contributed by atoms with Crippen molar-refractivity contribution in [3.63, 3.8) is 0 Å². The number of amides is 1. The molecule has 74 valence electrons. The van der Waals surface area contributed by atoms with E-state index in [0.29, 0.717) is 13.2 Å². The summed E-state index contributed by atoms with van der Waals surface area (Å²) >= 11 is 0. The zero-order valence-electron chi connectivity index (χ0n) is 7.56. The van der Waals surface area contributed by atoms with Gasteiger partial charge in [0.2, 0.25) is 0 Å². The van der Waals surface area contributed by atoms with E-state index in [1.807, 2.05) is 18.2 Å². The van der Waals surface area contributed by atoms with Gasteiger partial charge in [0.25, 0.3) is 0 Å². The second-order valence-electron chi connectivity index (χ2n) is 3.04. The Morgan fingerprint density at radius 2 is 2.57 bits per heavy atom. The van der Waals surface area contributed by atoms with Gasteiger partial charge in [-0.1, -0.05) is 6.07 Å². The van der Waals surface area contributed by atoms with Crippen molar-refractivity contribution in [2.24, 2.45) is 0 Å². The quantitative estimate of drug-likeness (QED) is 0.738. The van der Waals surface area contributed by atoms with Crippen LogP contribution in [0.2, 0.25) is 0 Å². The van der Waals surface area contributed by atoms with Crippen molar-refractivity contribution in [2.75, 3.05) is 18.5 Å². The molecule has 1 fully saturated rings. The molecule has 1 aromatic heterocycles. The summed E-state index contributed by atoms with van der Waals surface area (Å²) in [6.07, 6.45) is 1.37. The molecule has 0 aliphatic carbocycles. The summed E-state index contributed by atoms with van der Waals surface area (Å²) in [5.41, 5.74) is 0. The molecule has 2 N–H and O–H groups in total. The Bertz CT molecular complexity index is 315. The fourth-order valence-corrected chi connectivity index (χ4v) is 1.23. The normalized spacial score (nSPS) is 20.0. The average molecular weight is 193 g/mol. The molecular weight excluding hydrogens is 182 g/mol. The minimum atomic E-state index is -0.349. The smallest absolute Gasteiger partial charge is 0.407 e. The van der Waals surface area contributed by atoms with Crippen LogP contribution in [-0.4, -0.2) is 30.3 Å². The van der Waals surface area contributed by atoms with Crippen LogP contribution in [0.5, 0.6) is 0 Å². The molecule has 0 saturated carbocycles. The third kappa shape index (κ3) is 2.12. The van der Waals surface area contributed by atoms with E-state index >= 15 is 0 Å². The molecule has 1 saturated heterocycles. The Labute approximate surface area is 81.5 Å². The van der Waals surface area contributed by atoms with Gasteiger partial charge in [-0.3, -0.25) is 0 Å². The fourth-order valence-electron chi connectivity index (χ4n) is 1.23. The van der Waals surface area contributed by atoms with E-state index < -0.39 is 0 Å². The molecule has 0 bridgehead atoms. The van der Waals surface area contributed by atoms with Crippen molar-refractivity contribution in [1.82, 2.24) is 10.3 Å². The van der Waals surface area contributed by atoms with E-state index in [-0.39, 0.29) is 12.1 Å². The highest BCUT2D eigenvalue weighted by Gasteiger charge is 2.21. The van der Waals surface area contributed by atoms with Gasteiger partial charge in [0.05, 0.1) is 6.04 Å². The van der Waals surface area contributed by atoms with E-state index in [2.05, 4.69) is 15.6 Å². The van der Waals surface area contributed by atoms with E-state index in [4.69, 9.17) is 4.74 Å². The molecule has 5 heteroatoms. The summed E-state index contributed by atoms with van der Waals surface area (Å²) in [7, 11) is 0. The SMILES string of the molecule is O=C1NC(CNc2ccccn2)CO1. The first kappa shape index (κ1) is 8.80. The molecule has 2 heterocycles. The molecule has 1 aromatic rings. The van der Waals surface area contributed by atoms with Crippen LogP contribution in [0.3, 0.4) is 0 Å². The molecule has 1 atom stereocenters. The number of nitrogens with zero attached hydrogens (tertiary/aromatic N) is 1. The molecule has 2 rings (SSSR count). The van der Waals surface area contributed by atoms with Gasteiger partial charge in [0.15, 0.2) is 0 Å². The highest BCUT2D eigenvalue weighted by atomic mass is 16.6. The van der Waals surface area contributed by atoms with Crippen LogP contribution in [0.4, 0.5) is 10.6 Å². The maximum absolute atomic E-state index is 10.7. The Balaban J connectivity index is 1.80. The van der Waals surface area contributed by atoms with Crippen LogP contribution in [0.15, 0.2) is 24.4 Å². The monoisotopic (exact) mass is 193 g/mol. The topological polar surface area (TPSA) is 63.2 Å². The lowest BCUT2D eigenvalue weighted by molar-refractivity contribution is 0.177. The number of alkyl carbamates (subject to hydrolysis) is 1. The van der Waals surface area contributed by atoms with Gasteiger partial charge in [0, 0.05) is 12.7 Å². The molecule has 1 unspecified atom stereocenters. The first-order chi connectivity index (χ1) is 6.84. The van der Waals surface area contributed by atoms with E-state index in [1.54, 1.807) is 6.20 Å². The summed E-state index contributed by atoms with van der Waals surface area (Å²) in [4.78, 5) is 14.8. The number of carbonyl (C=O) groups is 1. The van der Waals surface area contributed by atoms with Gasteiger partial charge in [-0.25, -0.2) is 9.78 Å². The lowest BCUT2D eigenvalue weighted by Crippen LogP contribution is -2.33. The largest absolute Gasteiger partial charge is 0.447 e. The third-order valence-electron chi connectivity index (χ3n) is 1.93. The molecule has 1 aliphatic rings. The maximum Gasteiger partial charge on any atom is 0.407 e. The van der Waals surface area contributed by atoms with Crippen molar-refractivity contribution in [3.8, 4) is 0 Å². The molecule has 1 amide bonds. The third-order valence-corrected chi connectivity index (χ3v) is 1.93. The zero-order chi connectivity index (χ0) is 9.80. The predicted octanol–water partition coefficient (Wildman–Crippen LogP) is 0.602. The standard InChI is InChI=1S/C9H11N3O2/c13-9-12-7(6-14-9)5-11-8-3-1-2-4-10-8/h1-4,7H,5-6H2,(H,10,11)(H,12,13). The highest BCUT2D eigenvalue weighted by molar-refractivity contribution is 5.69. The Morgan fingerprint density at radius 3 is 3.21 bits per heavy atom. The maximum atomic E-state index is 10.7.